The van der Waals surface area contributed by atoms with Gasteiger partial charge in [0.15, 0.2) is 6.61 Å². The Morgan fingerprint density at radius 3 is 2.52 bits per heavy atom. The normalized spacial score (nSPS) is 10.0. The average molecular weight is 362 g/mol. The van der Waals surface area contributed by atoms with Crippen LogP contribution in [0.15, 0.2) is 18.2 Å². The Morgan fingerprint density at radius 1 is 1.13 bits per heavy atom. The first kappa shape index (κ1) is 19.3. The molecule has 0 unspecified atom stereocenters. The van der Waals surface area contributed by atoms with E-state index in [-0.39, 0.29) is 23.0 Å². The molecule has 126 valence electrons. The molecule has 0 saturated heterocycles. The van der Waals surface area contributed by atoms with Crippen LogP contribution in [0, 0.1) is 0 Å². The third-order valence-electron chi connectivity index (χ3n) is 2.67. The second-order valence-electron chi connectivity index (χ2n) is 4.46. The lowest BCUT2D eigenvalue weighted by Gasteiger charge is -2.07. The van der Waals surface area contributed by atoms with Crippen LogP contribution in [-0.4, -0.2) is 37.6 Å². The van der Waals surface area contributed by atoms with Gasteiger partial charge in [0.05, 0.1) is 22.2 Å². The summed E-state index contributed by atoms with van der Waals surface area (Å²) in [6, 6.07) is 4.28. The summed E-state index contributed by atoms with van der Waals surface area (Å²) >= 11 is 11.5. The Kier molecular flexibility index (Phi) is 8.43. The van der Waals surface area contributed by atoms with Crippen molar-refractivity contribution in [3.05, 3.63) is 33.8 Å². The smallest absolute Gasteiger partial charge is 0.338 e. The van der Waals surface area contributed by atoms with Gasteiger partial charge >= 0.3 is 11.9 Å². The highest BCUT2D eigenvalue weighted by molar-refractivity contribution is 6.42. The van der Waals surface area contributed by atoms with E-state index >= 15 is 0 Å². The van der Waals surface area contributed by atoms with Crippen molar-refractivity contribution in [3.8, 4) is 0 Å². The van der Waals surface area contributed by atoms with E-state index in [1.165, 1.54) is 18.2 Å². The average Bonchev–Trinajstić information content (AvgIpc) is 2.52. The highest BCUT2D eigenvalue weighted by Gasteiger charge is 2.11. The molecule has 0 fully saturated rings. The van der Waals surface area contributed by atoms with Crippen LogP contribution in [0.25, 0.3) is 0 Å². The molecule has 0 radical (unpaired) electrons. The molecule has 1 aromatic carbocycles. The summed E-state index contributed by atoms with van der Waals surface area (Å²) in [4.78, 5) is 34.3. The molecule has 0 spiro atoms. The Hall–Kier alpha value is -1.79. The molecule has 1 aromatic rings. The fourth-order valence-electron chi connectivity index (χ4n) is 1.58. The van der Waals surface area contributed by atoms with Gasteiger partial charge in [0.1, 0.15) is 0 Å². The number of benzene rings is 1. The van der Waals surface area contributed by atoms with Gasteiger partial charge in [-0.3, -0.25) is 9.59 Å². The summed E-state index contributed by atoms with van der Waals surface area (Å²) < 4.78 is 9.61. The van der Waals surface area contributed by atoms with E-state index in [9.17, 15) is 14.4 Å². The molecule has 0 heterocycles. The first-order valence-corrected chi connectivity index (χ1v) is 7.74. The minimum Gasteiger partial charge on any atom is -0.466 e. The van der Waals surface area contributed by atoms with Crippen molar-refractivity contribution in [1.29, 1.82) is 0 Å². The molecule has 0 aliphatic rings. The van der Waals surface area contributed by atoms with Gasteiger partial charge in [-0.15, -0.1) is 0 Å². The Bertz CT molecular complexity index is 577. The summed E-state index contributed by atoms with van der Waals surface area (Å²) in [5.74, 6) is -1.44. The van der Waals surface area contributed by atoms with Gasteiger partial charge in [0.25, 0.3) is 5.91 Å². The Balaban J connectivity index is 2.26. The first-order chi connectivity index (χ1) is 10.9. The third-order valence-corrected chi connectivity index (χ3v) is 3.41. The van der Waals surface area contributed by atoms with Crippen LogP contribution in [-0.2, 0) is 19.1 Å². The number of nitrogens with one attached hydrogen (secondary N) is 1. The van der Waals surface area contributed by atoms with Crippen LogP contribution in [0.2, 0.25) is 10.0 Å². The molecular formula is C15H17Cl2NO5. The summed E-state index contributed by atoms with van der Waals surface area (Å²) in [6.45, 7) is 1.93. The number of hydrogen-bond acceptors (Lipinski definition) is 5. The molecule has 6 nitrogen and oxygen atoms in total. The van der Waals surface area contributed by atoms with Crippen LogP contribution >= 0.6 is 23.2 Å². The number of carbonyl (C=O) groups is 3. The van der Waals surface area contributed by atoms with Crippen molar-refractivity contribution < 1.29 is 23.9 Å². The molecule has 0 bridgehead atoms. The largest absolute Gasteiger partial charge is 0.466 e. The standard InChI is InChI=1S/C15H17Cl2NO5/c1-2-22-14(20)4-3-7-18-13(19)9-23-15(21)10-5-6-11(16)12(17)8-10/h5-6,8H,2-4,7,9H2,1H3,(H,18,19). The number of carbonyl (C=O) groups excluding carboxylic acids is 3. The van der Waals surface area contributed by atoms with E-state index in [1.807, 2.05) is 0 Å². The van der Waals surface area contributed by atoms with Crippen LogP contribution in [0.5, 0.6) is 0 Å². The zero-order valence-corrected chi connectivity index (χ0v) is 14.1. The lowest BCUT2D eigenvalue weighted by molar-refractivity contribution is -0.143. The third kappa shape index (κ3) is 7.34. The van der Waals surface area contributed by atoms with Gasteiger partial charge < -0.3 is 14.8 Å². The van der Waals surface area contributed by atoms with Crippen molar-refractivity contribution in [2.45, 2.75) is 19.8 Å². The number of halogens is 2. The fraction of sp³-hybridized carbons (Fsp3) is 0.400. The van der Waals surface area contributed by atoms with Gasteiger partial charge in [-0.2, -0.15) is 0 Å². The fourth-order valence-corrected chi connectivity index (χ4v) is 1.88. The SMILES string of the molecule is CCOC(=O)CCCNC(=O)COC(=O)c1ccc(Cl)c(Cl)c1. The molecule has 0 aliphatic heterocycles. The maximum atomic E-state index is 11.7. The maximum Gasteiger partial charge on any atom is 0.338 e. The van der Waals surface area contributed by atoms with Crippen LogP contribution < -0.4 is 5.32 Å². The van der Waals surface area contributed by atoms with E-state index in [4.69, 9.17) is 32.7 Å². The predicted molar refractivity (Wildman–Crippen MR) is 85.6 cm³/mol. The highest BCUT2D eigenvalue weighted by Crippen LogP contribution is 2.22. The van der Waals surface area contributed by atoms with Gasteiger partial charge in [-0.05, 0) is 31.5 Å². The van der Waals surface area contributed by atoms with Crippen molar-refractivity contribution in [2.75, 3.05) is 19.8 Å². The topological polar surface area (TPSA) is 81.7 Å². The number of amides is 1. The van der Waals surface area contributed by atoms with Crippen molar-refractivity contribution in [2.24, 2.45) is 0 Å². The Morgan fingerprint density at radius 2 is 1.87 bits per heavy atom. The number of rotatable bonds is 8. The molecule has 23 heavy (non-hydrogen) atoms. The van der Waals surface area contributed by atoms with Crippen molar-refractivity contribution >= 4 is 41.0 Å². The second-order valence-corrected chi connectivity index (χ2v) is 5.28. The van der Waals surface area contributed by atoms with Crippen LogP contribution in [0.3, 0.4) is 0 Å². The molecular weight excluding hydrogens is 345 g/mol. The maximum absolute atomic E-state index is 11.7. The molecule has 1 rings (SSSR count). The van der Waals surface area contributed by atoms with Crippen LogP contribution in [0.1, 0.15) is 30.1 Å². The number of hydrogen-bond donors (Lipinski definition) is 1. The molecule has 1 amide bonds. The lowest BCUT2D eigenvalue weighted by atomic mass is 10.2. The number of esters is 2. The first-order valence-electron chi connectivity index (χ1n) is 6.98. The van der Waals surface area contributed by atoms with E-state index in [0.29, 0.717) is 24.6 Å². The van der Waals surface area contributed by atoms with Gasteiger partial charge in [0, 0.05) is 13.0 Å². The quantitative estimate of drug-likeness (QED) is 0.568. The lowest BCUT2D eigenvalue weighted by Crippen LogP contribution is -2.30. The van der Waals surface area contributed by atoms with E-state index in [0.717, 1.165) is 0 Å². The summed E-state index contributed by atoms with van der Waals surface area (Å²) in [5, 5.41) is 3.08. The zero-order chi connectivity index (χ0) is 17.2. The highest BCUT2D eigenvalue weighted by atomic mass is 35.5. The number of ether oxygens (including phenoxy) is 2. The molecule has 0 saturated carbocycles. The monoisotopic (exact) mass is 361 g/mol. The van der Waals surface area contributed by atoms with Gasteiger partial charge in [0.2, 0.25) is 0 Å². The molecule has 0 atom stereocenters. The molecule has 0 aromatic heterocycles. The minimum absolute atomic E-state index is 0.203. The molecule has 8 heteroatoms. The summed E-state index contributed by atoms with van der Waals surface area (Å²) in [5.41, 5.74) is 0.203. The minimum atomic E-state index is -0.676. The van der Waals surface area contributed by atoms with E-state index < -0.39 is 18.5 Å². The summed E-state index contributed by atoms with van der Waals surface area (Å²) in [6.07, 6.45) is 0.669. The second kappa shape index (κ2) is 10.1. The predicted octanol–water partition coefficient (Wildman–Crippen LogP) is 2.61. The molecule has 0 aliphatic carbocycles. The van der Waals surface area contributed by atoms with Crippen molar-refractivity contribution in [1.82, 2.24) is 5.32 Å². The van der Waals surface area contributed by atoms with Crippen LogP contribution in [0.4, 0.5) is 0 Å². The summed E-state index contributed by atoms with van der Waals surface area (Å²) in [7, 11) is 0. The zero-order valence-electron chi connectivity index (χ0n) is 12.6. The Labute approximate surface area is 144 Å². The van der Waals surface area contributed by atoms with E-state index in [1.54, 1.807) is 6.92 Å². The van der Waals surface area contributed by atoms with E-state index in [2.05, 4.69) is 5.32 Å². The van der Waals surface area contributed by atoms with Gasteiger partial charge in [-0.25, -0.2) is 4.79 Å². The van der Waals surface area contributed by atoms with Gasteiger partial charge in [-0.1, -0.05) is 23.2 Å². The molecule has 1 N–H and O–H groups in total. The van der Waals surface area contributed by atoms with Crippen molar-refractivity contribution in [3.63, 3.8) is 0 Å².